The van der Waals surface area contributed by atoms with E-state index in [2.05, 4.69) is 13.5 Å². The third kappa shape index (κ3) is 2.57. The molecular formula is C20H28O2S. The van der Waals surface area contributed by atoms with Crippen molar-refractivity contribution in [3.8, 4) is 0 Å². The van der Waals surface area contributed by atoms with E-state index in [1.165, 1.54) is 12.8 Å². The Morgan fingerprint density at radius 2 is 1.87 bits per heavy atom. The summed E-state index contributed by atoms with van der Waals surface area (Å²) in [4.78, 5) is 0.476. The number of rotatable bonds is 7. The average molecular weight is 333 g/mol. The lowest BCUT2D eigenvalue weighted by molar-refractivity contribution is 0.381. The van der Waals surface area contributed by atoms with E-state index < -0.39 is 14.6 Å². The predicted molar refractivity (Wildman–Crippen MR) is 95.1 cm³/mol. The highest BCUT2D eigenvalue weighted by molar-refractivity contribution is 7.93. The van der Waals surface area contributed by atoms with Gasteiger partial charge in [0, 0.05) is 0 Å². The maximum atomic E-state index is 13.6. The van der Waals surface area contributed by atoms with Gasteiger partial charge in [-0.2, -0.15) is 0 Å². The highest BCUT2D eigenvalue weighted by atomic mass is 32.2. The molecule has 3 heteroatoms. The SMILES string of the molecule is C=C1[C@@H]2CC[C@@H](C2)[C@]1(CCCCCC)S(=O)(=O)c1ccccc1. The Bertz CT molecular complexity index is 662. The molecule has 2 saturated carbocycles. The molecule has 0 N–H and O–H groups in total. The van der Waals surface area contributed by atoms with Crippen molar-refractivity contribution >= 4 is 9.84 Å². The maximum Gasteiger partial charge on any atom is 0.188 e. The van der Waals surface area contributed by atoms with Crippen molar-refractivity contribution in [1.29, 1.82) is 0 Å². The van der Waals surface area contributed by atoms with Crippen LogP contribution in [0.1, 0.15) is 58.3 Å². The van der Waals surface area contributed by atoms with E-state index in [-0.39, 0.29) is 5.92 Å². The highest BCUT2D eigenvalue weighted by Crippen LogP contribution is 2.60. The van der Waals surface area contributed by atoms with Gasteiger partial charge in [0.1, 0.15) is 4.75 Å². The summed E-state index contributed by atoms with van der Waals surface area (Å²) in [5.74, 6) is 0.691. The lowest BCUT2D eigenvalue weighted by Gasteiger charge is -2.39. The van der Waals surface area contributed by atoms with Gasteiger partial charge < -0.3 is 0 Å². The predicted octanol–water partition coefficient (Wildman–Crippen LogP) is 5.16. The molecule has 0 spiro atoms. The Kier molecular flexibility index (Phi) is 4.68. The summed E-state index contributed by atoms with van der Waals surface area (Å²) in [6.07, 6.45) is 8.42. The van der Waals surface area contributed by atoms with Crippen molar-refractivity contribution in [3.05, 3.63) is 42.5 Å². The molecule has 1 aromatic rings. The van der Waals surface area contributed by atoms with Crippen LogP contribution in [0, 0.1) is 11.8 Å². The first-order chi connectivity index (χ1) is 11.0. The monoisotopic (exact) mass is 332 g/mol. The summed E-state index contributed by atoms with van der Waals surface area (Å²) >= 11 is 0. The maximum absolute atomic E-state index is 13.6. The van der Waals surface area contributed by atoms with E-state index in [9.17, 15) is 8.42 Å². The van der Waals surface area contributed by atoms with Gasteiger partial charge >= 0.3 is 0 Å². The van der Waals surface area contributed by atoms with E-state index in [1.54, 1.807) is 12.1 Å². The van der Waals surface area contributed by atoms with Crippen LogP contribution in [-0.2, 0) is 9.84 Å². The Labute approximate surface area is 140 Å². The molecule has 0 aliphatic heterocycles. The lowest BCUT2D eigenvalue weighted by Crippen LogP contribution is -2.45. The zero-order valence-corrected chi connectivity index (χ0v) is 14.9. The topological polar surface area (TPSA) is 34.1 Å². The molecular weight excluding hydrogens is 304 g/mol. The van der Waals surface area contributed by atoms with Crippen LogP contribution >= 0.6 is 0 Å². The van der Waals surface area contributed by atoms with Crippen molar-refractivity contribution in [2.45, 2.75) is 67.9 Å². The third-order valence-electron chi connectivity index (χ3n) is 6.06. The molecule has 2 fully saturated rings. The van der Waals surface area contributed by atoms with Crippen LogP contribution in [0.2, 0.25) is 0 Å². The van der Waals surface area contributed by atoms with Crippen molar-refractivity contribution in [1.82, 2.24) is 0 Å². The smallest absolute Gasteiger partial charge is 0.188 e. The Hall–Kier alpha value is -1.09. The minimum atomic E-state index is -3.37. The first kappa shape index (κ1) is 16.8. The molecule has 0 heterocycles. The van der Waals surface area contributed by atoms with Crippen molar-refractivity contribution in [2.75, 3.05) is 0 Å². The summed E-state index contributed by atoms with van der Waals surface area (Å²) in [5.41, 5.74) is 1.01. The number of unbranched alkanes of at least 4 members (excludes halogenated alkanes) is 3. The largest absolute Gasteiger partial charge is 0.223 e. The molecule has 0 aromatic heterocycles. The van der Waals surface area contributed by atoms with Crippen LogP contribution in [-0.4, -0.2) is 13.2 Å². The van der Waals surface area contributed by atoms with E-state index >= 15 is 0 Å². The summed E-state index contributed by atoms with van der Waals surface area (Å²) in [5, 5.41) is 0. The molecule has 2 nitrogen and oxygen atoms in total. The minimum absolute atomic E-state index is 0.270. The van der Waals surface area contributed by atoms with Crippen LogP contribution in [0.25, 0.3) is 0 Å². The van der Waals surface area contributed by atoms with Gasteiger partial charge in [0.05, 0.1) is 4.90 Å². The number of benzene rings is 1. The second-order valence-corrected chi connectivity index (χ2v) is 9.46. The fraction of sp³-hybridized carbons (Fsp3) is 0.600. The molecule has 126 valence electrons. The van der Waals surface area contributed by atoms with Gasteiger partial charge in [-0.1, -0.05) is 63.0 Å². The number of hydrogen-bond acceptors (Lipinski definition) is 2. The Balaban J connectivity index is 1.98. The summed E-state index contributed by atoms with van der Waals surface area (Å²) in [6, 6.07) is 9.04. The van der Waals surface area contributed by atoms with E-state index in [4.69, 9.17) is 0 Å². The van der Waals surface area contributed by atoms with Gasteiger partial charge in [-0.05, 0) is 49.7 Å². The van der Waals surface area contributed by atoms with Gasteiger partial charge in [0.25, 0.3) is 0 Å². The van der Waals surface area contributed by atoms with E-state index in [0.717, 1.165) is 44.1 Å². The standard InChI is InChI=1S/C20H28O2S/c1-3-4-5-9-14-20(16(2)17-12-13-18(20)15-17)23(21,22)19-10-7-6-8-11-19/h6-8,10-11,17-18H,2-5,9,12-15H2,1H3/t17-,18+,20-/m1/s1. The van der Waals surface area contributed by atoms with Gasteiger partial charge in [0.2, 0.25) is 0 Å². The molecule has 0 radical (unpaired) electrons. The number of fused-ring (bicyclic) bond motifs is 2. The lowest BCUT2D eigenvalue weighted by atomic mass is 9.80. The molecule has 1 aromatic carbocycles. The molecule has 2 bridgehead atoms. The first-order valence-corrected chi connectivity index (χ1v) is 10.5. The molecule has 3 rings (SSSR count). The number of hydrogen-bond donors (Lipinski definition) is 0. The summed E-state index contributed by atoms with van der Waals surface area (Å²) in [7, 11) is -3.37. The molecule has 23 heavy (non-hydrogen) atoms. The summed E-state index contributed by atoms with van der Waals surface area (Å²) < 4.78 is 26.4. The first-order valence-electron chi connectivity index (χ1n) is 9.03. The number of sulfone groups is 1. The second kappa shape index (κ2) is 6.43. The van der Waals surface area contributed by atoms with E-state index in [0.29, 0.717) is 10.8 Å². The fourth-order valence-corrected chi connectivity index (χ4v) is 7.36. The zero-order valence-electron chi connectivity index (χ0n) is 14.1. The third-order valence-corrected chi connectivity index (χ3v) is 8.71. The highest BCUT2D eigenvalue weighted by Gasteiger charge is 2.60. The normalized spacial score (nSPS) is 30.0. The molecule has 2 aliphatic rings. The van der Waals surface area contributed by atoms with Crippen LogP contribution in [0.4, 0.5) is 0 Å². The van der Waals surface area contributed by atoms with Crippen molar-refractivity contribution in [3.63, 3.8) is 0 Å². The van der Waals surface area contributed by atoms with Gasteiger partial charge in [-0.3, -0.25) is 0 Å². The van der Waals surface area contributed by atoms with Gasteiger partial charge in [0.15, 0.2) is 9.84 Å². The second-order valence-electron chi connectivity index (χ2n) is 7.25. The van der Waals surface area contributed by atoms with Gasteiger partial charge in [-0.15, -0.1) is 0 Å². The fourth-order valence-electron chi connectivity index (χ4n) is 4.84. The van der Waals surface area contributed by atoms with Crippen LogP contribution in [0.15, 0.2) is 47.4 Å². The Morgan fingerprint density at radius 1 is 1.13 bits per heavy atom. The van der Waals surface area contributed by atoms with Crippen molar-refractivity contribution in [2.24, 2.45) is 11.8 Å². The molecule has 0 unspecified atom stereocenters. The van der Waals surface area contributed by atoms with Gasteiger partial charge in [-0.25, -0.2) is 8.42 Å². The zero-order chi connectivity index (χ0) is 16.5. The van der Waals surface area contributed by atoms with Crippen LogP contribution in [0.3, 0.4) is 0 Å². The van der Waals surface area contributed by atoms with Crippen LogP contribution in [0.5, 0.6) is 0 Å². The molecule has 0 amide bonds. The quantitative estimate of drug-likeness (QED) is 0.511. The molecule has 3 atom stereocenters. The van der Waals surface area contributed by atoms with E-state index in [1.807, 2.05) is 18.2 Å². The molecule has 0 saturated heterocycles. The summed E-state index contributed by atoms with van der Waals surface area (Å²) in [6.45, 7) is 6.49. The minimum Gasteiger partial charge on any atom is -0.223 e. The van der Waals surface area contributed by atoms with Crippen LogP contribution < -0.4 is 0 Å². The van der Waals surface area contributed by atoms with Crippen molar-refractivity contribution < 1.29 is 8.42 Å². The Morgan fingerprint density at radius 3 is 2.48 bits per heavy atom. The average Bonchev–Trinajstić information content (AvgIpc) is 3.14. The molecule has 2 aliphatic carbocycles.